The molecule has 1 spiro atoms. The number of aromatic amines is 1. The largest absolute Gasteiger partial charge is 0.496 e. The first kappa shape index (κ1) is 25.9. The third kappa shape index (κ3) is 4.91. The number of amides is 1. The minimum absolute atomic E-state index is 0.103. The van der Waals surface area contributed by atoms with Crippen molar-refractivity contribution in [3.63, 3.8) is 0 Å². The van der Waals surface area contributed by atoms with E-state index < -0.39 is 5.82 Å². The summed E-state index contributed by atoms with van der Waals surface area (Å²) in [6.07, 6.45) is 4.47. The van der Waals surface area contributed by atoms with E-state index in [-0.39, 0.29) is 28.4 Å². The summed E-state index contributed by atoms with van der Waals surface area (Å²) in [5, 5.41) is 15.0. The Morgan fingerprint density at radius 1 is 1.10 bits per heavy atom. The van der Waals surface area contributed by atoms with Crippen molar-refractivity contribution >= 4 is 22.5 Å². The lowest BCUT2D eigenvalue weighted by molar-refractivity contribution is -0.122. The molecule has 1 saturated carbocycles. The van der Waals surface area contributed by atoms with Crippen LogP contribution in [-0.2, 0) is 4.74 Å². The second-order valence-corrected chi connectivity index (χ2v) is 11.3. The molecule has 1 unspecified atom stereocenters. The number of fused-ring (bicyclic) bond motifs is 1. The standard InChI is InChI=1S/C31H33FN6O3/c1-40-27-13-21-12-24(32)28(27)25-14-23-26(18-34-25)36-37-29(23)20-3-2-4-22(11-20)33-6-8-38-7-5-31(41-10-9-38)15-19(16-31)17-35-30(21)39/h2-4,11-14,18-19,33H,5-10,15-17H2,1H3,(H,35,39)(H,36,37). The number of rotatable bonds is 1. The summed E-state index contributed by atoms with van der Waals surface area (Å²) in [4.78, 5) is 20.0. The van der Waals surface area contributed by atoms with Crippen molar-refractivity contribution in [2.45, 2.75) is 24.9 Å². The van der Waals surface area contributed by atoms with Crippen molar-refractivity contribution in [3.05, 3.63) is 60.0 Å². The van der Waals surface area contributed by atoms with Crippen molar-refractivity contribution in [2.75, 3.05) is 51.8 Å². The molecule has 6 heterocycles. The van der Waals surface area contributed by atoms with Gasteiger partial charge in [-0.25, -0.2) is 4.39 Å². The minimum Gasteiger partial charge on any atom is -0.496 e. The molecule has 2 fully saturated rings. The number of methoxy groups -OCH3 is 1. The lowest BCUT2D eigenvalue weighted by Crippen LogP contribution is -2.50. The second-order valence-electron chi connectivity index (χ2n) is 11.3. The van der Waals surface area contributed by atoms with E-state index >= 15 is 4.39 Å². The SMILES string of the molecule is COc1cc2cc(F)c1-c1cc3c(n[nH]c3cn1)-c1cccc(c1)NCCN1CCOC3(CC1)CC(CNC2=O)C3. The summed E-state index contributed by atoms with van der Waals surface area (Å²) in [6.45, 7) is 4.88. The van der Waals surface area contributed by atoms with Gasteiger partial charge in [0.15, 0.2) is 0 Å². The van der Waals surface area contributed by atoms with Crippen LogP contribution in [0.4, 0.5) is 10.1 Å². The van der Waals surface area contributed by atoms with E-state index in [4.69, 9.17) is 9.47 Å². The first-order chi connectivity index (χ1) is 20.0. The van der Waals surface area contributed by atoms with Gasteiger partial charge >= 0.3 is 0 Å². The number of anilines is 1. The summed E-state index contributed by atoms with van der Waals surface area (Å²) in [5.74, 6) is -0.313. The Morgan fingerprint density at radius 2 is 2.00 bits per heavy atom. The molecule has 1 aliphatic carbocycles. The molecule has 1 amide bonds. The summed E-state index contributed by atoms with van der Waals surface area (Å²) in [6, 6.07) is 12.8. The van der Waals surface area contributed by atoms with E-state index in [2.05, 4.69) is 42.8 Å². The summed E-state index contributed by atoms with van der Waals surface area (Å²) < 4.78 is 27.5. The zero-order valence-electron chi connectivity index (χ0n) is 23.0. The molecule has 2 aromatic heterocycles. The summed E-state index contributed by atoms with van der Waals surface area (Å²) >= 11 is 0. The highest BCUT2D eigenvalue weighted by atomic mass is 19.1. The Morgan fingerprint density at radius 3 is 2.88 bits per heavy atom. The van der Waals surface area contributed by atoms with E-state index in [1.165, 1.54) is 13.2 Å². The first-order valence-corrected chi connectivity index (χ1v) is 14.2. The number of H-pyrrole nitrogens is 1. The van der Waals surface area contributed by atoms with Gasteiger partial charge < -0.3 is 20.1 Å². The molecule has 9 rings (SSSR count). The van der Waals surface area contributed by atoms with Gasteiger partial charge in [-0.15, -0.1) is 0 Å². The molecule has 41 heavy (non-hydrogen) atoms. The maximum Gasteiger partial charge on any atom is 0.251 e. The predicted octanol–water partition coefficient (Wildman–Crippen LogP) is 4.47. The molecule has 9 bridgehead atoms. The number of hydrogen-bond acceptors (Lipinski definition) is 7. The van der Waals surface area contributed by atoms with E-state index in [1.807, 2.05) is 18.2 Å². The number of benzene rings is 2. The van der Waals surface area contributed by atoms with Crippen LogP contribution in [0, 0.1) is 11.7 Å². The van der Waals surface area contributed by atoms with Gasteiger partial charge in [-0.3, -0.25) is 19.8 Å². The average Bonchev–Trinajstić information content (AvgIpc) is 3.27. The van der Waals surface area contributed by atoms with Gasteiger partial charge in [-0.1, -0.05) is 12.1 Å². The Kier molecular flexibility index (Phi) is 6.59. The van der Waals surface area contributed by atoms with Crippen molar-refractivity contribution < 1.29 is 18.7 Å². The molecule has 3 N–H and O–H groups in total. The highest BCUT2D eigenvalue weighted by molar-refractivity contribution is 5.97. The molecule has 4 aliphatic heterocycles. The Labute approximate surface area is 237 Å². The fourth-order valence-electron chi connectivity index (χ4n) is 6.49. The Balaban J connectivity index is 1.27. The number of ether oxygens (including phenoxy) is 2. The van der Waals surface area contributed by atoms with Gasteiger partial charge in [-0.05, 0) is 55.5 Å². The Bertz CT molecular complexity index is 1610. The lowest BCUT2D eigenvalue weighted by atomic mass is 9.69. The number of carbonyl (C=O) groups is 1. The van der Waals surface area contributed by atoms with Crippen LogP contribution in [0.2, 0.25) is 0 Å². The number of nitrogens with one attached hydrogen (secondary N) is 3. The third-order valence-corrected chi connectivity index (χ3v) is 8.70. The van der Waals surface area contributed by atoms with Gasteiger partial charge in [0.05, 0.1) is 42.3 Å². The molecule has 2 aromatic carbocycles. The highest BCUT2D eigenvalue weighted by Gasteiger charge is 2.46. The highest BCUT2D eigenvalue weighted by Crippen LogP contribution is 2.44. The van der Waals surface area contributed by atoms with Gasteiger partial charge in [0.2, 0.25) is 0 Å². The maximum atomic E-state index is 15.6. The lowest BCUT2D eigenvalue weighted by Gasteiger charge is -2.47. The molecular weight excluding hydrogens is 523 g/mol. The minimum atomic E-state index is -0.574. The van der Waals surface area contributed by atoms with E-state index in [1.54, 1.807) is 12.3 Å². The number of aromatic nitrogens is 3. The van der Waals surface area contributed by atoms with Crippen LogP contribution in [0.15, 0.2) is 48.7 Å². The topological polar surface area (TPSA) is 104 Å². The van der Waals surface area contributed by atoms with Crippen LogP contribution < -0.4 is 15.4 Å². The predicted molar refractivity (Wildman–Crippen MR) is 155 cm³/mol. The van der Waals surface area contributed by atoms with Crippen molar-refractivity contribution in [3.8, 4) is 28.3 Å². The normalized spacial score (nSPS) is 24.4. The molecule has 10 heteroatoms. The van der Waals surface area contributed by atoms with Gasteiger partial charge in [0.25, 0.3) is 5.91 Å². The number of carbonyl (C=O) groups excluding carboxylic acids is 1. The molecule has 5 aliphatic rings. The van der Waals surface area contributed by atoms with Crippen LogP contribution in [0.1, 0.15) is 29.6 Å². The van der Waals surface area contributed by atoms with Crippen molar-refractivity contribution in [2.24, 2.45) is 5.92 Å². The third-order valence-electron chi connectivity index (χ3n) is 8.70. The maximum absolute atomic E-state index is 15.6. The smallest absolute Gasteiger partial charge is 0.251 e. The molecule has 1 saturated heterocycles. The molecule has 9 nitrogen and oxygen atoms in total. The van der Waals surface area contributed by atoms with Gasteiger partial charge in [0, 0.05) is 54.9 Å². The van der Waals surface area contributed by atoms with Crippen LogP contribution in [-0.4, -0.2) is 78.0 Å². The summed E-state index contributed by atoms with van der Waals surface area (Å²) in [5.41, 5.74) is 4.13. The zero-order chi connectivity index (χ0) is 28.0. The van der Waals surface area contributed by atoms with Crippen LogP contribution in [0.5, 0.6) is 5.75 Å². The molecule has 1 atom stereocenters. The molecule has 4 aromatic rings. The average molecular weight is 557 g/mol. The molecular formula is C31H33FN6O3. The second kappa shape index (κ2) is 10.4. The van der Waals surface area contributed by atoms with Crippen LogP contribution in [0.3, 0.4) is 0 Å². The molecule has 212 valence electrons. The fraction of sp³-hybridized carbons (Fsp3) is 0.387. The monoisotopic (exact) mass is 556 g/mol. The number of halogens is 1. The van der Waals surface area contributed by atoms with Crippen molar-refractivity contribution in [1.29, 1.82) is 0 Å². The quantitative estimate of drug-likeness (QED) is 0.318. The van der Waals surface area contributed by atoms with E-state index in [9.17, 15) is 4.79 Å². The molecule has 0 radical (unpaired) electrons. The summed E-state index contributed by atoms with van der Waals surface area (Å²) in [7, 11) is 1.47. The zero-order valence-corrected chi connectivity index (χ0v) is 23.0. The number of hydrogen-bond donors (Lipinski definition) is 3. The van der Waals surface area contributed by atoms with Crippen LogP contribution in [0.25, 0.3) is 33.4 Å². The Hall–Kier alpha value is -4.02. The number of pyridine rings is 1. The first-order valence-electron chi connectivity index (χ1n) is 14.2. The van der Waals surface area contributed by atoms with Crippen LogP contribution >= 0.6 is 0 Å². The van der Waals surface area contributed by atoms with Crippen molar-refractivity contribution in [1.82, 2.24) is 25.4 Å². The fourth-order valence-corrected chi connectivity index (χ4v) is 6.49. The van der Waals surface area contributed by atoms with Gasteiger partial charge in [0.1, 0.15) is 17.3 Å². The number of nitrogens with zero attached hydrogens (tertiary/aromatic N) is 3. The van der Waals surface area contributed by atoms with E-state index in [0.29, 0.717) is 24.8 Å². The van der Waals surface area contributed by atoms with E-state index in [0.717, 1.165) is 73.3 Å². The van der Waals surface area contributed by atoms with Gasteiger partial charge in [-0.2, -0.15) is 5.10 Å².